The monoisotopic (exact) mass is 209 g/mol. The Morgan fingerprint density at radius 3 is 2.38 bits per heavy atom. The summed E-state index contributed by atoms with van der Waals surface area (Å²) in [5.41, 5.74) is 9.06. The predicted octanol–water partition coefficient (Wildman–Crippen LogP) is 2.08. The maximum absolute atomic E-state index is 8.69. The molecule has 0 radical (unpaired) electrons. The number of hydrogen-bond donors (Lipinski definition) is 1. The van der Waals surface area contributed by atoms with E-state index in [1.165, 1.54) is 0 Å². The van der Waals surface area contributed by atoms with Crippen LogP contribution in [-0.2, 0) is 6.54 Å². The Bertz CT molecular complexity index is 506. The van der Waals surface area contributed by atoms with Crippen molar-refractivity contribution in [3.05, 3.63) is 53.7 Å². The highest BCUT2D eigenvalue weighted by molar-refractivity contribution is 5.60. The zero-order valence-electron chi connectivity index (χ0n) is 8.72. The van der Waals surface area contributed by atoms with Gasteiger partial charge in [0.05, 0.1) is 17.3 Å². The molecule has 0 spiro atoms. The van der Waals surface area contributed by atoms with E-state index in [4.69, 9.17) is 11.0 Å². The summed E-state index contributed by atoms with van der Waals surface area (Å²) in [5.74, 6) is 0. The molecule has 2 aromatic rings. The van der Waals surface area contributed by atoms with Crippen molar-refractivity contribution in [1.29, 1.82) is 5.26 Å². The number of nitrogens with zero attached hydrogens (tertiary/aromatic N) is 2. The lowest BCUT2D eigenvalue weighted by Gasteiger charge is -2.01. The highest BCUT2D eigenvalue weighted by Crippen LogP contribution is 2.17. The molecule has 0 atom stereocenters. The SMILES string of the molecule is N#Cc1ccc(-c2ccc(CN)cn2)cc1. The average Bonchev–Trinajstić information content (AvgIpc) is 2.39. The minimum atomic E-state index is 0.501. The van der Waals surface area contributed by atoms with Crippen molar-refractivity contribution in [2.24, 2.45) is 5.73 Å². The fourth-order valence-electron chi connectivity index (χ4n) is 1.43. The first kappa shape index (κ1) is 10.3. The minimum absolute atomic E-state index is 0.501. The van der Waals surface area contributed by atoms with Crippen molar-refractivity contribution in [2.45, 2.75) is 6.54 Å². The number of pyridine rings is 1. The first-order chi connectivity index (χ1) is 7.83. The highest BCUT2D eigenvalue weighted by atomic mass is 14.7. The van der Waals surface area contributed by atoms with Gasteiger partial charge < -0.3 is 5.73 Å². The van der Waals surface area contributed by atoms with E-state index < -0.39 is 0 Å². The Labute approximate surface area is 94.2 Å². The van der Waals surface area contributed by atoms with E-state index in [1.54, 1.807) is 18.3 Å². The van der Waals surface area contributed by atoms with Gasteiger partial charge in [-0.2, -0.15) is 5.26 Å². The Morgan fingerprint density at radius 1 is 1.12 bits per heavy atom. The maximum atomic E-state index is 8.69. The van der Waals surface area contributed by atoms with Gasteiger partial charge >= 0.3 is 0 Å². The van der Waals surface area contributed by atoms with E-state index in [0.717, 1.165) is 16.8 Å². The lowest BCUT2D eigenvalue weighted by atomic mass is 10.1. The quantitative estimate of drug-likeness (QED) is 0.823. The van der Waals surface area contributed by atoms with Crippen molar-refractivity contribution in [1.82, 2.24) is 4.98 Å². The molecule has 0 fully saturated rings. The van der Waals surface area contributed by atoms with Crippen LogP contribution in [0.25, 0.3) is 11.3 Å². The second kappa shape index (κ2) is 4.56. The van der Waals surface area contributed by atoms with Gasteiger partial charge in [-0.3, -0.25) is 4.98 Å². The highest BCUT2D eigenvalue weighted by Gasteiger charge is 1.99. The summed E-state index contributed by atoms with van der Waals surface area (Å²) in [6.07, 6.45) is 1.77. The van der Waals surface area contributed by atoms with Crippen LogP contribution in [0.3, 0.4) is 0 Å². The third-order valence-electron chi connectivity index (χ3n) is 2.37. The predicted molar refractivity (Wildman–Crippen MR) is 62.3 cm³/mol. The van der Waals surface area contributed by atoms with Crippen molar-refractivity contribution in [2.75, 3.05) is 0 Å². The van der Waals surface area contributed by atoms with Gasteiger partial charge in [0, 0.05) is 18.3 Å². The van der Waals surface area contributed by atoms with Crippen LogP contribution in [-0.4, -0.2) is 4.98 Å². The van der Waals surface area contributed by atoms with E-state index in [2.05, 4.69) is 11.1 Å². The smallest absolute Gasteiger partial charge is 0.0991 e. The lowest BCUT2D eigenvalue weighted by Crippen LogP contribution is -1.96. The van der Waals surface area contributed by atoms with E-state index in [1.807, 2.05) is 24.3 Å². The molecule has 3 nitrogen and oxygen atoms in total. The first-order valence-electron chi connectivity index (χ1n) is 4.99. The molecule has 1 aromatic heterocycles. The summed E-state index contributed by atoms with van der Waals surface area (Å²) in [4.78, 5) is 4.31. The van der Waals surface area contributed by atoms with Gasteiger partial charge in [-0.15, -0.1) is 0 Å². The second-order valence-electron chi connectivity index (χ2n) is 3.44. The minimum Gasteiger partial charge on any atom is -0.326 e. The first-order valence-corrected chi connectivity index (χ1v) is 4.99. The van der Waals surface area contributed by atoms with Crippen LogP contribution in [0.15, 0.2) is 42.6 Å². The number of nitriles is 1. The molecule has 0 bridgehead atoms. The van der Waals surface area contributed by atoms with Gasteiger partial charge in [0.25, 0.3) is 0 Å². The molecule has 0 aliphatic rings. The summed E-state index contributed by atoms with van der Waals surface area (Å²) < 4.78 is 0. The molecular weight excluding hydrogens is 198 g/mol. The Morgan fingerprint density at radius 2 is 1.88 bits per heavy atom. The molecular formula is C13H11N3. The fraction of sp³-hybridized carbons (Fsp3) is 0.0769. The normalized spacial score (nSPS) is 9.75. The van der Waals surface area contributed by atoms with E-state index in [0.29, 0.717) is 12.1 Å². The van der Waals surface area contributed by atoms with Crippen LogP contribution in [0.1, 0.15) is 11.1 Å². The molecule has 0 saturated heterocycles. The summed E-state index contributed by atoms with van der Waals surface area (Å²) in [6.45, 7) is 0.501. The molecule has 0 unspecified atom stereocenters. The Kier molecular flexibility index (Phi) is 2.95. The standard InChI is InChI=1S/C13H11N3/c14-7-10-1-4-12(5-2-10)13-6-3-11(8-15)9-16-13/h1-6,9H,8,15H2. The molecule has 16 heavy (non-hydrogen) atoms. The van der Waals surface area contributed by atoms with Crippen molar-refractivity contribution < 1.29 is 0 Å². The van der Waals surface area contributed by atoms with Gasteiger partial charge in [-0.25, -0.2) is 0 Å². The van der Waals surface area contributed by atoms with Gasteiger partial charge in [-0.1, -0.05) is 18.2 Å². The summed E-state index contributed by atoms with van der Waals surface area (Å²) in [6, 6.07) is 13.3. The molecule has 1 heterocycles. The molecule has 1 aromatic carbocycles. The molecule has 2 rings (SSSR count). The second-order valence-corrected chi connectivity index (χ2v) is 3.44. The molecule has 0 saturated carbocycles. The lowest BCUT2D eigenvalue weighted by molar-refractivity contribution is 1.05. The van der Waals surface area contributed by atoms with Crippen molar-refractivity contribution in [3.63, 3.8) is 0 Å². The number of hydrogen-bond acceptors (Lipinski definition) is 3. The van der Waals surface area contributed by atoms with E-state index in [-0.39, 0.29) is 0 Å². The van der Waals surface area contributed by atoms with E-state index in [9.17, 15) is 0 Å². The Balaban J connectivity index is 2.32. The topological polar surface area (TPSA) is 62.7 Å². The Hall–Kier alpha value is -2.18. The van der Waals surface area contributed by atoms with Crippen LogP contribution in [0.4, 0.5) is 0 Å². The molecule has 0 amide bonds. The van der Waals surface area contributed by atoms with E-state index >= 15 is 0 Å². The number of rotatable bonds is 2. The average molecular weight is 209 g/mol. The van der Waals surface area contributed by atoms with Gasteiger partial charge in [0.1, 0.15) is 0 Å². The van der Waals surface area contributed by atoms with Crippen LogP contribution in [0.2, 0.25) is 0 Å². The fourth-order valence-corrected chi connectivity index (χ4v) is 1.43. The molecule has 2 N–H and O–H groups in total. The molecule has 3 heteroatoms. The van der Waals surface area contributed by atoms with Crippen LogP contribution in [0, 0.1) is 11.3 Å². The van der Waals surface area contributed by atoms with Crippen LogP contribution in [0.5, 0.6) is 0 Å². The van der Waals surface area contributed by atoms with Gasteiger partial charge in [0.15, 0.2) is 0 Å². The number of nitrogens with two attached hydrogens (primary N) is 1. The third kappa shape index (κ3) is 2.08. The zero-order chi connectivity index (χ0) is 11.4. The van der Waals surface area contributed by atoms with Gasteiger partial charge in [-0.05, 0) is 23.8 Å². The zero-order valence-corrected chi connectivity index (χ0v) is 8.72. The number of aromatic nitrogens is 1. The molecule has 0 aliphatic heterocycles. The summed E-state index contributed by atoms with van der Waals surface area (Å²) >= 11 is 0. The maximum Gasteiger partial charge on any atom is 0.0991 e. The van der Waals surface area contributed by atoms with Gasteiger partial charge in [0.2, 0.25) is 0 Å². The molecule has 78 valence electrons. The largest absolute Gasteiger partial charge is 0.326 e. The number of benzene rings is 1. The third-order valence-corrected chi connectivity index (χ3v) is 2.37. The summed E-state index contributed by atoms with van der Waals surface area (Å²) in [7, 11) is 0. The summed E-state index contributed by atoms with van der Waals surface area (Å²) in [5, 5.41) is 8.69. The van der Waals surface area contributed by atoms with Crippen LogP contribution < -0.4 is 5.73 Å². The van der Waals surface area contributed by atoms with Crippen molar-refractivity contribution in [3.8, 4) is 17.3 Å². The molecule has 0 aliphatic carbocycles. The van der Waals surface area contributed by atoms with Crippen molar-refractivity contribution >= 4 is 0 Å². The van der Waals surface area contributed by atoms with Crippen LogP contribution >= 0.6 is 0 Å².